The zero-order chi connectivity index (χ0) is 52.3. The third-order valence-corrected chi connectivity index (χ3v) is 16.2. The second-order valence-corrected chi connectivity index (χ2v) is 23.7. The maximum atomic E-state index is 14.4. The van der Waals surface area contributed by atoms with Crippen LogP contribution in [-0.2, 0) is 54.5 Å². The Morgan fingerprint density at radius 1 is 0.542 bits per heavy atom. The lowest BCUT2D eigenvalue weighted by Crippen LogP contribution is -2.59. The van der Waals surface area contributed by atoms with Crippen molar-refractivity contribution in [2.75, 3.05) is 40.3 Å². The number of benzene rings is 2. The van der Waals surface area contributed by atoms with Gasteiger partial charge in [-0.3, -0.25) is 28.8 Å². The number of hydrogen-bond acceptors (Lipinski definition) is 8. The van der Waals surface area contributed by atoms with Crippen LogP contribution in [0, 0.1) is 10.8 Å². The van der Waals surface area contributed by atoms with Crippen molar-refractivity contribution in [1.29, 1.82) is 0 Å². The van der Waals surface area contributed by atoms with E-state index in [1.54, 1.807) is 27.9 Å². The van der Waals surface area contributed by atoms with E-state index in [-0.39, 0.29) is 59.6 Å². The van der Waals surface area contributed by atoms with Gasteiger partial charge in [-0.05, 0) is 125 Å². The third-order valence-electron chi connectivity index (χ3n) is 16.2. The van der Waals surface area contributed by atoms with Crippen LogP contribution in [0.3, 0.4) is 0 Å². The van der Waals surface area contributed by atoms with Crippen LogP contribution in [0.1, 0.15) is 155 Å². The molecule has 2 aliphatic carbocycles. The molecular weight excluding hydrogens is 905 g/mol. The van der Waals surface area contributed by atoms with Crippen molar-refractivity contribution in [2.24, 2.45) is 10.8 Å². The van der Waals surface area contributed by atoms with Crippen molar-refractivity contribution >= 4 is 35.4 Å². The van der Waals surface area contributed by atoms with Crippen LogP contribution in [-0.4, -0.2) is 144 Å². The van der Waals surface area contributed by atoms with E-state index in [4.69, 9.17) is 0 Å². The monoisotopic (exact) mass is 995 g/mol. The molecule has 6 atom stereocenters. The molecule has 398 valence electrons. The summed E-state index contributed by atoms with van der Waals surface area (Å²) in [5.74, 6) is -0.300. The molecule has 0 radical (unpaired) electrons. The van der Waals surface area contributed by atoms with Gasteiger partial charge in [-0.1, -0.05) is 116 Å². The molecular formula is C58H90N8O6. The lowest BCUT2D eigenvalue weighted by molar-refractivity contribution is -0.142. The summed E-state index contributed by atoms with van der Waals surface area (Å²) in [6.45, 7) is 17.7. The van der Waals surface area contributed by atoms with E-state index in [1.165, 1.54) is 22.3 Å². The number of carbonyl (C=O) groups is 6. The van der Waals surface area contributed by atoms with Crippen LogP contribution in [0.2, 0.25) is 0 Å². The van der Waals surface area contributed by atoms with Crippen molar-refractivity contribution in [3.63, 3.8) is 0 Å². The molecule has 6 rings (SSSR count). The molecule has 14 heteroatoms. The van der Waals surface area contributed by atoms with Gasteiger partial charge < -0.3 is 40.9 Å². The molecule has 2 saturated heterocycles. The van der Waals surface area contributed by atoms with E-state index in [2.05, 4.69) is 79.6 Å². The van der Waals surface area contributed by atoms with Gasteiger partial charge >= 0.3 is 0 Å². The number of rotatable bonds is 23. The molecule has 2 aliphatic heterocycles. The number of nitrogens with zero attached hydrogens (tertiary/aromatic N) is 4. The van der Waals surface area contributed by atoms with Gasteiger partial charge in [-0.25, -0.2) is 0 Å². The summed E-state index contributed by atoms with van der Waals surface area (Å²) in [5.41, 5.74) is 4.13. The van der Waals surface area contributed by atoms with Gasteiger partial charge in [0.1, 0.15) is 12.1 Å². The fraction of sp³-hybridized carbons (Fsp3) is 0.690. The van der Waals surface area contributed by atoms with Crippen LogP contribution in [0.5, 0.6) is 0 Å². The SMILES string of the molecule is CN[C@@H](C)C(=O)N[C@H](C(=O)N1CCC[C@H]1CN(C(=O)CCCCCCCCC(=O)N(C[C@@H]1CCCN1C(=O)[C@@H](NC(=O)[C@H](C)NC)C(C)(C)C)C1Cc2ccccc2C1)C1Cc2ccccc2C1)C(C)(C)C. The van der Waals surface area contributed by atoms with E-state index in [1.807, 2.05) is 51.3 Å². The van der Waals surface area contributed by atoms with Crippen LogP contribution in [0.25, 0.3) is 0 Å². The second kappa shape index (κ2) is 25.4. The lowest BCUT2D eigenvalue weighted by Gasteiger charge is -2.39. The van der Waals surface area contributed by atoms with Gasteiger partial charge in [-0.2, -0.15) is 0 Å². The number of nitrogens with one attached hydrogen (secondary N) is 4. The van der Waals surface area contributed by atoms with Crippen LogP contribution in [0.15, 0.2) is 48.5 Å². The molecule has 14 nitrogen and oxygen atoms in total. The number of hydrogen-bond donors (Lipinski definition) is 4. The molecule has 0 unspecified atom stereocenters. The Labute approximate surface area is 431 Å². The summed E-state index contributed by atoms with van der Waals surface area (Å²) >= 11 is 0. The quantitative estimate of drug-likeness (QED) is 0.0936. The van der Waals surface area contributed by atoms with Crippen molar-refractivity contribution in [1.82, 2.24) is 40.9 Å². The van der Waals surface area contributed by atoms with Crippen molar-refractivity contribution in [3.8, 4) is 0 Å². The Hall–Kier alpha value is -4.82. The Kier molecular flexibility index (Phi) is 19.9. The summed E-state index contributed by atoms with van der Waals surface area (Å²) in [4.78, 5) is 91.5. The maximum absolute atomic E-state index is 14.4. The zero-order valence-corrected chi connectivity index (χ0v) is 45.6. The van der Waals surface area contributed by atoms with Gasteiger partial charge in [0.15, 0.2) is 0 Å². The molecule has 2 aromatic carbocycles. The maximum Gasteiger partial charge on any atom is 0.246 e. The highest BCUT2D eigenvalue weighted by Crippen LogP contribution is 2.33. The Morgan fingerprint density at radius 3 is 1.17 bits per heavy atom. The highest BCUT2D eigenvalue weighted by Gasteiger charge is 2.44. The largest absolute Gasteiger partial charge is 0.342 e. The fourth-order valence-corrected chi connectivity index (χ4v) is 11.5. The molecule has 4 N–H and O–H groups in total. The van der Waals surface area contributed by atoms with Crippen LogP contribution >= 0.6 is 0 Å². The number of unbranched alkanes of at least 4 members (excludes halogenated alkanes) is 5. The number of likely N-dealkylation sites (N-methyl/N-ethyl adjacent to an activating group) is 2. The predicted molar refractivity (Wildman–Crippen MR) is 285 cm³/mol. The van der Waals surface area contributed by atoms with E-state index in [0.717, 1.165) is 89.9 Å². The predicted octanol–water partition coefficient (Wildman–Crippen LogP) is 6.36. The van der Waals surface area contributed by atoms with Gasteiger partial charge in [0.05, 0.1) is 12.1 Å². The van der Waals surface area contributed by atoms with E-state index >= 15 is 0 Å². The Bertz CT molecular complexity index is 1980. The summed E-state index contributed by atoms with van der Waals surface area (Å²) in [7, 11) is 3.47. The molecule has 6 amide bonds. The lowest BCUT2D eigenvalue weighted by atomic mass is 9.85. The third kappa shape index (κ3) is 14.5. The average Bonchev–Trinajstić information content (AvgIpc) is 4.18. The number of carbonyl (C=O) groups excluding carboxylic acids is 6. The molecule has 72 heavy (non-hydrogen) atoms. The summed E-state index contributed by atoms with van der Waals surface area (Å²) in [6, 6.07) is 14.5. The Balaban J connectivity index is 1.02. The topological polar surface area (TPSA) is 163 Å². The molecule has 0 bridgehead atoms. The van der Waals surface area contributed by atoms with Gasteiger partial charge in [0.25, 0.3) is 0 Å². The zero-order valence-electron chi connectivity index (χ0n) is 45.6. The first-order valence-corrected chi connectivity index (χ1v) is 27.5. The molecule has 0 aromatic heterocycles. The van der Waals surface area contributed by atoms with Gasteiger partial charge in [-0.15, -0.1) is 0 Å². The van der Waals surface area contributed by atoms with Crippen molar-refractivity contribution < 1.29 is 28.8 Å². The van der Waals surface area contributed by atoms with Crippen LogP contribution < -0.4 is 21.3 Å². The van der Waals surface area contributed by atoms with Crippen molar-refractivity contribution in [2.45, 2.75) is 206 Å². The number of amides is 6. The number of likely N-dealkylation sites (tertiary alicyclic amines) is 2. The highest BCUT2D eigenvalue weighted by atomic mass is 16.2. The summed E-state index contributed by atoms with van der Waals surface area (Å²) in [6.07, 6.45) is 12.8. The molecule has 2 fully saturated rings. The van der Waals surface area contributed by atoms with Crippen molar-refractivity contribution in [3.05, 3.63) is 70.8 Å². The molecule has 2 aromatic rings. The van der Waals surface area contributed by atoms with E-state index < -0.39 is 35.0 Å². The van der Waals surface area contributed by atoms with Gasteiger partial charge in [0, 0.05) is 63.2 Å². The molecule has 4 aliphatic rings. The Morgan fingerprint density at radius 2 is 0.861 bits per heavy atom. The first kappa shape index (κ1) is 56.5. The van der Waals surface area contributed by atoms with E-state index in [9.17, 15) is 28.8 Å². The molecule has 0 saturated carbocycles. The van der Waals surface area contributed by atoms with E-state index in [0.29, 0.717) is 39.0 Å². The van der Waals surface area contributed by atoms with Gasteiger partial charge in [0.2, 0.25) is 35.4 Å². The summed E-state index contributed by atoms with van der Waals surface area (Å²) < 4.78 is 0. The smallest absolute Gasteiger partial charge is 0.246 e. The molecule has 0 spiro atoms. The summed E-state index contributed by atoms with van der Waals surface area (Å²) in [5, 5.41) is 12.0. The van der Waals surface area contributed by atoms with Crippen LogP contribution in [0.4, 0.5) is 0 Å². The minimum atomic E-state index is -0.690. The fourth-order valence-electron chi connectivity index (χ4n) is 11.5. The first-order valence-electron chi connectivity index (χ1n) is 27.5. The first-order chi connectivity index (χ1) is 34.2. The highest BCUT2D eigenvalue weighted by molar-refractivity contribution is 5.91. The number of fused-ring (bicyclic) bond motifs is 2. The minimum absolute atomic E-state index is 0.0371. The normalized spacial score (nSPS) is 19.9. The molecule has 2 heterocycles. The second-order valence-electron chi connectivity index (χ2n) is 23.7. The standard InChI is InChI=1S/C58H90N8O6/c1-39(59-9)53(69)61-51(57(3,4)5)55(71)63-31-21-27-45(63)37-65(47-33-41-23-17-18-24-42(41)34-47)49(67)29-15-13-11-12-14-16-30-50(68)66(48-35-43-25-19-20-26-44(43)36-48)38-46-28-22-32-64(46)56(72)52(58(6,7)8)62-54(70)40(2)60-10/h17-20,23-26,39-40,45-48,51-52,59-60H,11-16,21-22,27-38H2,1-10H3,(H,61,69)(H,62,70)/t39-,40-,45-,46-,51+,52+/m0/s1. The average molecular weight is 995 g/mol. The minimum Gasteiger partial charge on any atom is -0.342 e.